The number of rotatable bonds is 4. The van der Waals surface area contributed by atoms with Gasteiger partial charge in [0.2, 0.25) is 0 Å². The first-order valence-corrected chi connectivity index (χ1v) is 3.68. The van der Waals surface area contributed by atoms with Crippen molar-refractivity contribution >= 4 is 24.5 Å². The number of carboxylic acids is 1. The number of aromatic carboxylic acids is 1. The lowest BCUT2D eigenvalue weighted by molar-refractivity contribution is 0.0696. The van der Waals surface area contributed by atoms with Crippen LogP contribution in [0.4, 0.5) is 5.82 Å². The highest BCUT2D eigenvalue weighted by molar-refractivity contribution is 5.96. The Bertz CT molecular complexity index is 352. The molecule has 1 rings (SSSR count). The number of anilines is 1. The van der Waals surface area contributed by atoms with Crippen molar-refractivity contribution < 1.29 is 9.90 Å². The summed E-state index contributed by atoms with van der Waals surface area (Å²) in [7, 11) is 0. The summed E-state index contributed by atoms with van der Waals surface area (Å²) in [4.78, 5) is 15.4. The molecule has 0 aliphatic heterocycles. The van der Waals surface area contributed by atoms with Crippen LogP contribution in [0.5, 0.6) is 0 Å². The number of hydrogen-bond acceptors (Lipinski definition) is 4. The Morgan fingerprint density at radius 2 is 2.07 bits per heavy atom. The van der Waals surface area contributed by atoms with E-state index in [0.717, 1.165) is 17.6 Å². The quantitative estimate of drug-likeness (QED) is 0.485. The lowest BCUT2D eigenvalue weighted by Crippen LogP contribution is -2.18. The first-order valence-electron chi connectivity index (χ1n) is 3.68. The van der Waals surface area contributed by atoms with Gasteiger partial charge in [-0.15, -0.1) is 0 Å². The summed E-state index contributed by atoms with van der Waals surface area (Å²) in [5.74, 6) is -0.722. The fourth-order valence-corrected chi connectivity index (χ4v) is 0.835. The van der Waals surface area contributed by atoms with Crippen molar-refractivity contribution in [2.24, 2.45) is 0 Å². The van der Waals surface area contributed by atoms with E-state index >= 15 is 0 Å². The van der Waals surface area contributed by atoms with Crippen molar-refractivity contribution in [1.82, 2.24) is 4.98 Å². The zero-order valence-electron chi connectivity index (χ0n) is 7.14. The highest BCUT2D eigenvalue weighted by Gasteiger charge is 2.05. The van der Waals surface area contributed by atoms with E-state index in [-0.39, 0.29) is 5.56 Å². The largest absolute Gasteiger partial charge is 0.478 e. The van der Waals surface area contributed by atoms with E-state index in [0.29, 0.717) is 5.82 Å². The number of carbonyl (C=O) groups is 1. The van der Waals surface area contributed by atoms with Gasteiger partial charge >= 0.3 is 5.97 Å². The minimum Gasteiger partial charge on any atom is -0.478 e. The van der Waals surface area contributed by atoms with E-state index in [1.807, 2.05) is 0 Å². The zero-order valence-corrected chi connectivity index (χ0v) is 7.14. The summed E-state index contributed by atoms with van der Waals surface area (Å²) in [5, 5.41) is 22.4. The van der Waals surface area contributed by atoms with Crippen LogP contribution in [0, 0.1) is 10.8 Å². The Kier molecular flexibility index (Phi) is 2.90. The minimum atomic E-state index is -1.06. The molecular weight excluding hydrogens is 184 g/mol. The number of pyridine rings is 1. The summed E-state index contributed by atoms with van der Waals surface area (Å²) in [6.45, 7) is 0. The molecule has 0 saturated carbocycles. The van der Waals surface area contributed by atoms with Crippen LogP contribution in [0.15, 0.2) is 18.3 Å². The molecule has 0 amide bonds. The number of aromatic nitrogens is 1. The number of carboxylic acid groups (broad SMARTS) is 1. The van der Waals surface area contributed by atoms with Crippen molar-refractivity contribution in [3.63, 3.8) is 0 Å². The molecule has 14 heavy (non-hydrogen) atoms. The predicted octanol–water partition coefficient (Wildman–Crippen LogP) is 0.800. The fraction of sp³-hybridized carbons (Fsp3) is 0. The molecule has 1 aromatic rings. The molecule has 0 aliphatic carbocycles. The van der Waals surface area contributed by atoms with Gasteiger partial charge in [-0.2, -0.15) is 0 Å². The van der Waals surface area contributed by atoms with Crippen LogP contribution in [0.3, 0.4) is 0 Å². The summed E-state index contributed by atoms with van der Waals surface area (Å²) in [5.41, 5.74) is 0.0728. The smallest absolute Gasteiger partial charge is 0.337 e. The maximum absolute atomic E-state index is 10.5. The standard InChI is InChI=1S/C8H8N4O2/c9-4-12(5-10)7-2-1-6(3-11-7)8(13)14/h1-5,9-10H,(H,13,14). The van der Waals surface area contributed by atoms with E-state index in [9.17, 15) is 4.79 Å². The van der Waals surface area contributed by atoms with Crippen LogP contribution in [0.1, 0.15) is 10.4 Å². The van der Waals surface area contributed by atoms with Gasteiger partial charge in [0.1, 0.15) is 5.82 Å². The predicted molar refractivity (Wildman–Crippen MR) is 51.2 cm³/mol. The van der Waals surface area contributed by atoms with E-state index < -0.39 is 5.97 Å². The summed E-state index contributed by atoms with van der Waals surface area (Å²) in [6, 6.07) is 2.80. The molecular formula is C8H8N4O2. The maximum atomic E-state index is 10.5. The van der Waals surface area contributed by atoms with Crippen molar-refractivity contribution in [2.75, 3.05) is 4.90 Å². The van der Waals surface area contributed by atoms with Crippen LogP contribution < -0.4 is 4.90 Å². The first kappa shape index (κ1) is 9.85. The third-order valence-electron chi connectivity index (χ3n) is 1.54. The zero-order chi connectivity index (χ0) is 10.6. The molecule has 72 valence electrons. The van der Waals surface area contributed by atoms with E-state index in [2.05, 4.69) is 4.98 Å². The number of hydrogen-bond donors (Lipinski definition) is 3. The lowest BCUT2D eigenvalue weighted by atomic mass is 10.3. The second-order valence-electron chi connectivity index (χ2n) is 2.38. The average Bonchev–Trinajstić information content (AvgIpc) is 2.20. The van der Waals surface area contributed by atoms with Gasteiger partial charge in [-0.1, -0.05) is 0 Å². The van der Waals surface area contributed by atoms with Gasteiger partial charge in [0, 0.05) is 6.20 Å². The summed E-state index contributed by atoms with van der Waals surface area (Å²) >= 11 is 0. The van der Waals surface area contributed by atoms with Crippen LogP contribution in [-0.2, 0) is 0 Å². The third-order valence-corrected chi connectivity index (χ3v) is 1.54. The Balaban J connectivity index is 2.98. The topological polar surface area (TPSA) is 101 Å². The average molecular weight is 192 g/mol. The van der Waals surface area contributed by atoms with Crippen LogP contribution >= 0.6 is 0 Å². The van der Waals surface area contributed by atoms with Gasteiger partial charge in [0.25, 0.3) is 0 Å². The molecule has 1 heterocycles. The Morgan fingerprint density at radius 3 is 2.43 bits per heavy atom. The molecule has 0 aliphatic rings. The van der Waals surface area contributed by atoms with Crippen LogP contribution in [0.25, 0.3) is 0 Å². The van der Waals surface area contributed by atoms with Crippen LogP contribution in [0.2, 0.25) is 0 Å². The van der Waals surface area contributed by atoms with Gasteiger partial charge < -0.3 is 5.11 Å². The van der Waals surface area contributed by atoms with E-state index in [1.54, 1.807) is 0 Å². The molecule has 0 radical (unpaired) electrons. The molecule has 0 aromatic carbocycles. The molecule has 1 aromatic heterocycles. The van der Waals surface area contributed by atoms with Crippen molar-refractivity contribution in [3.8, 4) is 0 Å². The molecule has 0 bridgehead atoms. The van der Waals surface area contributed by atoms with Crippen molar-refractivity contribution in [3.05, 3.63) is 23.9 Å². The Labute approximate surface area is 79.8 Å². The second-order valence-corrected chi connectivity index (χ2v) is 2.38. The highest BCUT2D eigenvalue weighted by Crippen LogP contribution is 2.07. The molecule has 6 nitrogen and oxygen atoms in total. The molecule has 0 unspecified atom stereocenters. The normalized spacial score (nSPS) is 9.14. The monoisotopic (exact) mass is 192 g/mol. The van der Waals surface area contributed by atoms with Crippen LogP contribution in [-0.4, -0.2) is 28.7 Å². The number of nitrogens with one attached hydrogen (secondary N) is 2. The molecule has 0 fully saturated rings. The first-order chi connectivity index (χ1) is 6.69. The molecule has 6 heteroatoms. The highest BCUT2D eigenvalue weighted by atomic mass is 16.4. The third kappa shape index (κ3) is 1.92. The summed E-state index contributed by atoms with van der Waals surface area (Å²) in [6.07, 6.45) is 3.00. The van der Waals surface area contributed by atoms with E-state index in [1.165, 1.54) is 18.3 Å². The fourth-order valence-electron chi connectivity index (χ4n) is 0.835. The van der Waals surface area contributed by atoms with E-state index in [4.69, 9.17) is 15.9 Å². The Morgan fingerprint density at radius 1 is 1.43 bits per heavy atom. The minimum absolute atomic E-state index is 0.0728. The molecule has 0 saturated heterocycles. The summed E-state index contributed by atoms with van der Waals surface area (Å²) < 4.78 is 0. The molecule has 0 atom stereocenters. The van der Waals surface area contributed by atoms with Gasteiger partial charge in [-0.25, -0.2) is 9.78 Å². The number of nitrogens with zero attached hydrogens (tertiary/aromatic N) is 2. The second kappa shape index (κ2) is 4.13. The maximum Gasteiger partial charge on any atom is 0.337 e. The van der Waals surface area contributed by atoms with Gasteiger partial charge in [0.05, 0.1) is 18.2 Å². The molecule has 0 spiro atoms. The SMILES string of the molecule is N=CN(C=N)c1ccc(C(=O)O)cn1. The molecule has 3 N–H and O–H groups in total. The van der Waals surface area contributed by atoms with Crippen molar-refractivity contribution in [1.29, 1.82) is 10.8 Å². The van der Waals surface area contributed by atoms with Gasteiger partial charge in [-0.05, 0) is 12.1 Å². The van der Waals surface area contributed by atoms with Gasteiger partial charge in [-0.3, -0.25) is 15.7 Å². The Hall–Kier alpha value is -2.24. The lowest BCUT2D eigenvalue weighted by Gasteiger charge is -2.09. The van der Waals surface area contributed by atoms with Gasteiger partial charge in [0.15, 0.2) is 0 Å². The van der Waals surface area contributed by atoms with Crippen molar-refractivity contribution in [2.45, 2.75) is 0 Å².